The van der Waals surface area contributed by atoms with Gasteiger partial charge in [-0.05, 0) is 13.8 Å². The molecule has 0 spiro atoms. The van der Waals surface area contributed by atoms with Crippen molar-refractivity contribution in [2.45, 2.75) is 25.1 Å². The van der Waals surface area contributed by atoms with Crippen LogP contribution in [-0.4, -0.2) is 39.7 Å². The predicted octanol–water partition coefficient (Wildman–Crippen LogP) is 0.458. The van der Waals surface area contributed by atoms with Gasteiger partial charge in [0.15, 0.2) is 0 Å². The molecule has 0 aromatic carbocycles. The summed E-state index contributed by atoms with van der Waals surface area (Å²) in [5.41, 5.74) is 0. The molecule has 3 heteroatoms. The van der Waals surface area contributed by atoms with Crippen molar-refractivity contribution in [2.75, 3.05) is 19.3 Å². The molecule has 60 valence electrons. The Labute approximate surface area is 65.1 Å². The smallest absolute Gasteiger partial charge is 0.0599 e. The summed E-state index contributed by atoms with van der Waals surface area (Å²) in [5.74, 6) is 0. The molecule has 0 saturated carbocycles. The molecule has 1 saturated heterocycles. The van der Waals surface area contributed by atoms with Gasteiger partial charge in [0.1, 0.15) is 0 Å². The monoisotopic (exact) mass is 161 g/mol. The van der Waals surface area contributed by atoms with Gasteiger partial charge in [-0.3, -0.25) is 9.11 Å². The van der Waals surface area contributed by atoms with Gasteiger partial charge in [0.25, 0.3) is 0 Å². The van der Waals surface area contributed by atoms with Gasteiger partial charge in [-0.2, -0.15) is 0 Å². The van der Waals surface area contributed by atoms with Crippen molar-refractivity contribution in [3.63, 3.8) is 0 Å². The van der Waals surface area contributed by atoms with E-state index in [9.17, 15) is 4.21 Å². The lowest BCUT2D eigenvalue weighted by atomic mass is 10.1. The maximum atomic E-state index is 10.9. The average Bonchev–Trinajstić information content (AvgIpc) is 1.56. The Kier molecular flexibility index (Phi) is 2.47. The van der Waals surface area contributed by atoms with Gasteiger partial charge in [-0.25, -0.2) is 0 Å². The first-order valence-corrected chi connectivity index (χ1v) is 5.29. The summed E-state index contributed by atoms with van der Waals surface area (Å²) in [7, 11) is -0.602. The summed E-state index contributed by atoms with van der Waals surface area (Å²) in [4.78, 5) is 2.34. The largest absolute Gasteiger partial charge is 0.298 e. The minimum atomic E-state index is -0.602. The fourth-order valence-corrected chi connectivity index (χ4v) is 1.90. The maximum Gasteiger partial charge on any atom is 0.0599 e. The van der Waals surface area contributed by atoms with E-state index in [-0.39, 0.29) is 0 Å². The van der Waals surface area contributed by atoms with Crippen LogP contribution >= 0.6 is 0 Å². The van der Waals surface area contributed by atoms with Crippen LogP contribution in [0.5, 0.6) is 0 Å². The lowest BCUT2D eigenvalue weighted by Crippen LogP contribution is -2.55. The van der Waals surface area contributed by atoms with Crippen molar-refractivity contribution < 1.29 is 4.21 Å². The van der Waals surface area contributed by atoms with Crippen LogP contribution in [0.15, 0.2) is 0 Å². The molecule has 1 aliphatic heterocycles. The zero-order valence-electron chi connectivity index (χ0n) is 6.83. The summed E-state index contributed by atoms with van der Waals surface area (Å²) in [6.45, 7) is 6.41. The Morgan fingerprint density at radius 2 is 2.00 bits per heavy atom. The molecule has 1 atom stereocenters. The Morgan fingerprint density at radius 3 is 2.30 bits per heavy atom. The summed E-state index contributed by atoms with van der Waals surface area (Å²) in [6, 6.07) is 0.625. The van der Waals surface area contributed by atoms with E-state index in [1.807, 2.05) is 0 Å². The van der Waals surface area contributed by atoms with Crippen LogP contribution in [-0.2, 0) is 10.8 Å². The molecule has 0 aromatic rings. The molecular weight excluding hydrogens is 146 g/mol. The average molecular weight is 161 g/mol. The van der Waals surface area contributed by atoms with Crippen molar-refractivity contribution in [3.8, 4) is 0 Å². The topological polar surface area (TPSA) is 20.3 Å². The van der Waals surface area contributed by atoms with Crippen LogP contribution in [0.3, 0.4) is 0 Å². The summed E-state index contributed by atoms with van der Waals surface area (Å²) < 4.78 is 10.9. The second kappa shape index (κ2) is 3.01. The van der Waals surface area contributed by atoms with E-state index in [4.69, 9.17) is 0 Å². The molecule has 1 fully saturated rings. The standard InChI is InChI=1S/C7H15NOS/c1-6(2)8-4-7(5-8)10(3)9/h6-7H,4-5H2,1-3H3. The van der Waals surface area contributed by atoms with E-state index in [0.717, 1.165) is 13.1 Å². The summed E-state index contributed by atoms with van der Waals surface area (Å²) >= 11 is 0. The third-order valence-electron chi connectivity index (χ3n) is 2.08. The second-order valence-electron chi connectivity index (χ2n) is 3.17. The number of nitrogens with zero attached hydrogens (tertiary/aromatic N) is 1. The third kappa shape index (κ3) is 1.58. The molecule has 0 aromatic heterocycles. The van der Waals surface area contributed by atoms with Crippen molar-refractivity contribution in [3.05, 3.63) is 0 Å². The SMILES string of the molecule is CC(C)N1CC(S(C)=O)C1. The molecule has 2 nitrogen and oxygen atoms in total. The Balaban J connectivity index is 2.24. The molecule has 1 unspecified atom stereocenters. The first-order valence-electron chi connectivity index (χ1n) is 3.67. The molecular formula is C7H15NOS. The highest BCUT2D eigenvalue weighted by Crippen LogP contribution is 2.15. The van der Waals surface area contributed by atoms with Crippen molar-refractivity contribution in [1.82, 2.24) is 4.90 Å². The van der Waals surface area contributed by atoms with Crippen LogP contribution in [0.4, 0.5) is 0 Å². The van der Waals surface area contributed by atoms with Gasteiger partial charge >= 0.3 is 0 Å². The number of likely N-dealkylation sites (tertiary alicyclic amines) is 1. The zero-order valence-corrected chi connectivity index (χ0v) is 7.65. The lowest BCUT2D eigenvalue weighted by molar-refractivity contribution is 0.145. The Hall–Kier alpha value is 0.110. The Bertz CT molecular complexity index is 141. The first-order chi connectivity index (χ1) is 4.61. The van der Waals surface area contributed by atoms with Gasteiger partial charge in [0, 0.05) is 36.2 Å². The van der Waals surface area contributed by atoms with Crippen LogP contribution in [0.2, 0.25) is 0 Å². The fourth-order valence-electron chi connectivity index (χ4n) is 1.10. The van der Waals surface area contributed by atoms with E-state index in [1.54, 1.807) is 6.26 Å². The fraction of sp³-hybridized carbons (Fsp3) is 1.00. The molecule has 1 heterocycles. The third-order valence-corrected chi connectivity index (χ3v) is 3.31. The molecule has 0 N–H and O–H groups in total. The lowest BCUT2D eigenvalue weighted by Gasteiger charge is -2.40. The molecule has 1 aliphatic rings. The van der Waals surface area contributed by atoms with E-state index >= 15 is 0 Å². The highest BCUT2D eigenvalue weighted by molar-refractivity contribution is 7.85. The van der Waals surface area contributed by atoms with Gasteiger partial charge in [0.05, 0.1) is 5.25 Å². The van der Waals surface area contributed by atoms with Crippen molar-refractivity contribution in [2.24, 2.45) is 0 Å². The highest BCUT2D eigenvalue weighted by atomic mass is 32.2. The molecule has 10 heavy (non-hydrogen) atoms. The van der Waals surface area contributed by atoms with Crippen LogP contribution < -0.4 is 0 Å². The summed E-state index contributed by atoms with van der Waals surface area (Å²) in [6.07, 6.45) is 1.79. The quantitative estimate of drug-likeness (QED) is 0.586. The number of hydrogen-bond acceptors (Lipinski definition) is 2. The van der Waals surface area contributed by atoms with E-state index in [0.29, 0.717) is 11.3 Å². The molecule has 0 aliphatic carbocycles. The molecule has 0 amide bonds. The van der Waals surface area contributed by atoms with Crippen LogP contribution in [0.1, 0.15) is 13.8 Å². The van der Waals surface area contributed by atoms with Gasteiger partial charge < -0.3 is 0 Å². The van der Waals surface area contributed by atoms with Crippen molar-refractivity contribution >= 4 is 10.8 Å². The second-order valence-corrected chi connectivity index (χ2v) is 4.83. The van der Waals surface area contributed by atoms with Gasteiger partial charge in [-0.15, -0.1) is 0 Å². The first kappa shape index (κ1) is 8.21. The minimum Gasteiger partial charge on any atom is -0.298 e. The zero-order chi connectivity index (χ0) is 7.72. The molecule has 0 bridgehead atoms. The maximum absolute atomic E-state index is 10.9. The normalized spacial score (nSPS) is 24.8. The predicted molar refractivity (Wildman–Crippen MR) is 44.6 cm³/mol. The number of hydrogen-bond donors (Lipinski definition) is 0. The highest BCUT2D eigenvalue weighted by Gasteiger charge is 2.30. The van der Waals surface area contributed by atoms with E-state index in [1.165, 1.54) is 0 Å². The van der Waals surface area contributed by atoms with Crippen LogP contribution in [0.25, 0.3) is 0 Å². The molecule has 1 rings (SSSR count). The van der Waals surface area contributed by atoms with E-state index < -0.39 is 10.8 Å². The van der Waals surface area contributed by atoms with Crippen LogP contribution in [0, 0.1) is 0 Å². The van der Waals surface area contributed by atoms with Gasteiger partial charge in [0.2, 0.25) is 0 Å². The van der Waals surface area contributed by atoms with E-state index in [2.05, 4.69) is 18.7 Å². The Morgan fingerprint density at radius 1 is 1.50 bits per heavy atom. The summed E-state index contributed by atoms with van der Waals surface area (Å²) in [5, 5.41) is 0.447. The number of rotatable bonds is 2. The van der Waals surface area contributed by atoms with Gasteiger partial charge in [-0.1, -0.05) is 0 Å². The molecule has 0 radical (unpaired) electrons. The minimum absolute atomic E-state index is 0.447. The van der Waals surface area contributed by atoms with Crippen molar-refractivity contribution in [1.29, 1.82) is 0 Å².